The van der Waals surface area contributed by atoms with Crippen LogP contribution in [-0.2, 0) is 13.6 Å². The fourth-order valence-electron chi connectivity index (χ4n) is 2.89. The molecule has 0 saturated carbocycles. The average Bonchev–Trinajstić information content (AvgIpc) is 2.59. The van der Waals surface area contributed by atoms with Gasteiger partial charge in [0.1, 0.15) is 0 Å². The first-order valence-corrected chi connectivity index (χ1v) is 8.13. The van der Waals surface area contributed by atoms with Crippen molar-refractivity contribution in [3.8, 4) is 0 Å². The van der Waals surface area contributed by atoms with E-state index in [0.29, 0.717) is 18.7 Å². The molecule has 1 saturated heterocycles. The van der Waals surface area contributed by atoms with Crippen molar-refractivity contribution in [2.24, 2.45) is 7.05 Å². The zero-order chi connectivity index (χ0) is 17.1. The second-order valence-corrected chi connectivity index (χ2v) is 6.24. The topological polar surface area (TPSA) is 58.4 Å². The normalized spacial score (nSPS) is 15.5. The first-order chi connectivity index (χ1) is 11.5. The first-order valence-electron chi connectivity index (χ1n) is 8.13. The summed E-state index contributed by atoms with van der Waals surface area (Å²) in [5.41, 5.74) is 2.67. The Hall–Kier alpha value is -2.47. The van der Waals surface area contributed by atoms with E-state index in [-0.39, 0.29) is 11.5 Å². The summed E-state index contributed by atoms with van der Waals surface area (Å²) in [7, 11) is 1.76. The Labute approximate surface area is 141 Å². The molecular weight excluding hydrogens is 304 g/mol. The molecule has 1 amide bonds. The van der Waals surface area contributed by atoms with E-state index in [2.05, 4.69) is 9.88 Å². The van der Waals surface area contributed by atoms with Crippen molar-refractivity contribution in [3.63, 3.8) is 0 Å². The molecule has 6 heteroatoms. The van der Waals surface area contributed by atoms with Gasteiger partial charge in [-0.3, -0.25) is 19.5 Å². The standard InChI is InChI=1S/C18H22N4O2/c1-14-3-5-16(11-19-14)18(24)22-9-7-21(8-10-22)13-15-4-6-17(23)20(2)12-15/h3-6,11-12H,7-10,13H2,1-2H3. The lowest BCUT2D eigenvalue weighted by Crippen LogP contribution is -2.48. The number of amides is 1. The largest absolute Gasteiger partial charge is 0.336 e. The Morgan fingerprint density at radius 2 is 1.88 bits per heavy atom. The first kappa shape index (κ1) is 16.4. The Kier molecular flexibility index (Phi) is 4.76. The van der Waals surface area contributed by atoms with Crippen molar-refractivity contribution < 1.29 is 4.79 Å². The van der Waals surface area contributed by atoms with Gasteiger partial charge in [-0.2, -0.15) is 0 Å². The fourth-order valence-corrected chi connectivity index (χ4v) is 2.89. The molecule has 0 radical (unpaired) electrons. The number of piperazine rings is 1. The van der Waals surface area contributed by atoms with E-state index in [1.807, 2.05) is 36.2 Å². The number of hydrogen-bond acceptors (Lipinski definition) is 4. The van der Waals surface area contributed by atoms with Gasteiger partial charge in [0.05, 0.1) is 5.56 Å². The van der Waals surface area contributed by atoms with Crippen LogP contribution in [0.1, 0.15) is 21.6 Å². The van der Waals surface area contributed by atoms with Crippen molar-refractivity contribution in [1.29, 1.82) is 0 Å². The number of aryl methyl sites for hydroxylation is 2. The highest BCUT2D eigenvalue weighted by Gasteiger charge is 2.22. The Balaban J connectivity index is 1.57. The predicted octanol–water partition coefficient (Wildman–Crippen LogP) is 1.05. The van der Waals surface area contributed by atoms with Gasteiger partial charge in [-0.15, -0.1) is 0 Å². The van der Waals surface area contributed by atoms with E-state index < -0.39 is 0 Å². The Morgan fingerprint density at radius 1 is 1.12 bits per heavy atom. The van der Waals surface area contributed by atoms with Crippen LogP contribution in [-0.4, -0.2) is 51.4 Å². The molecule has 24 heavy (non-hydrogen) atoms. The molecule has 0 aliphatic carbocycles. The Morgan fingerprint density at radius 3 is 2.50 bits per heavy atom. The number of carbonyl (C=O) groups excluding carboxylic acids is 1. The Bertz CT molecular complexity index is 774. The molecule has 1 aliphatic rings. The van der Waals surface area contributed by atoms with Crippen molar-refractivity contribution >= 4 is 5.91 Å². The molecule has 0 aromatic carbocycles. The molecule has 126 valence electrons. The van der Waals surface area contributed by atoms with Crippen LogP contribution in [0.15, 0.2) is 41.5 Å². The lowest BCUT2D eigenvalue weighted by molar-refractivity contribution is 0.0628. The van der Waals surface area contributed by atoms with Gasteiger partial charge in [-0.1, -0.05) is 6.07 Å². The third kappa shape index (κ3) is 3.71. The van der Waals surface area contributed by atoms with Crippen LogP contribution < -0.4 is 5.56 Å². The number of aromatic nitrogens is 2. The summed E-state index contributed by atoms with van der Waals surface area (Å²) in [6, 6.07) is 7.17. The minimum Gasteiger partial charge on any atom is -0.336 e. The van der Waals surface area contributed by atoms with Crippen LogP contribution in [0.4, 0.5) is 0 Å². The minimum atomic E-state index is 0.000809. The second kappa shape index (κ2) is 6.97. The summed E-state index contributed by atoms with van der Waals surface area (Å²) in [5, 5.41) is 0. The smallest absolute Gasteiger partial charge is 0.255 e. The second-order valence-electron chi connectivity index (χ2n) is 6.24. The molecule has 0 atom stereocenters. The van der Waals surface area contributed by atoms with Gasteiger partial charge in [0.25, 0.3) is 5.91 Å². The summed E-state index contributed by atoms with van der Waals surface area (Å²) in [4.78, 5) is 32.3. The summed E-state index contributed by atoms with van der Waals surface area (Å²) in [6.45, 7) is 5.77. The van der Waals surface area contributed by atoms with E-state index in [0.717, 1.165) is 30.9 Å². The van der Waals surface area contributed by atoms with Gasteiger partial charge in [0.2, 0.25) is 5.56 Å². The molecule has 6 nitrogen and oxygen atoms in total. The SMILES string of the molecule is Cc1ccc(C(=O)N2CCN(Cc3ccc(=O)n(C)c3)CC2)cn1. The van der Waals surface area contributed by atoms with E-state index in [1.54, 1.807) is 23.9 Å². The highest BCUT2D eigenvalue weighted by atomic mass is 16.2. The molecular formula is C18H22N4O2. The number of rotatable bonds is 3. The maximum Gasteiger partial charge on any atom is 0.255 e. The van der Waals surface area contributed by atoms with Gasteiger partial charge < -0.3 is 9.47 Å². The zero-order valence-electron chi connectivity index (χ0n) is 14.1. The lowest BCUT2D eigenvalue weighted by atomic mass is 10.2. The third-order valence-corrected chi connectivity index (χ3v) is 4.37. The molecule has 0 N–H and O–H groups in total. The van der Waals surface area contributed by atoms with Gasteiger partial charge in [0, 0.05) is 63.9 Å². The molecule has 2 aromatic heterocycles. The van der Waals surface area contributed by atoms with E-state index in [1.165, 1.54) is 0 Å². The molecule has 3 heterocycles. The fraction of sp³-hybridized carbons (Fsp3) is 0.389. The van der Waals surface area contributed by atoms with Crippen molar-refractivity contribution in [2.75, 3.05) is 26.2 Å². The van der Waals surface area contributed by atoms with E-state index >= 15 is 0 Å². The van der Waals surface area contributed by atoms with Crippen molar-refractivity contribution in [2.45, 2.75) is 13.5 Å². The minimum absolute atomic E-state index is 0.000809. The van der Waals surface area contributed by atoms with Crippen LogP contribution in [0, 0.1) is 6.92 Å². The van der Waals surface area contributed by atoms with Gasteiger partial charge in [-0.05, 0) is 24.6 Å². The summed E-state index contributed by atoms with van der Waals surface area (Å²) in [5.74, 6) is 0.0456. The van der Waals surface area contributed by atoms with Gasteiger partial charge in [0.15, 0.2) is 0 Å². The maximum atomic E-state index is 12.5. The number of hydrogen-bond donors (Lipinski definition) is 0. The summed E-state index contributed by atoms with van der Waals surface area (Å²) >= 11 is 0. The molecule has 1 aliphatic heterocycles. The van der Waals surface area contributed by atoms with Crippen LogP contribution in [0.2, 0.25) is 0 Å². The zero-order valence-corrected chi connectivity index (χ0v) is 14.1. The molecule has 2 aromatic rings. The van der Waals surface area contributed by atoms with Crippen molar-refractivity contribution in [1.82, 2.24) is 19.4 Å². The van der Waals surface area contributed by atoms with Crippen LogP contribution in [0.3, 0.4) is 0 Å². The molecule has 0 spiro atoms. The third-order valence-electron chi connectivity index (χ3n) is 4.37. The lowest BCUT2D eigenvalue weighted by Gasteiger charge is -2.34. The van der Waals surface area contributed by atoms with Gasteiger partial charge in [-0.25, -0.2) is 0 Å². The molecule has 0 bridgehead atoms. The van der Waals surface area contributed by atoms with Crippen LogP contribution in [0.5, 0.6) is 0 Å². The maximum absolute atomic E-state index is 12.5. The van der Waals surface area contributed by atoms with E-state index in [9.17, 15) is 9.59 Å². The molecule has 0 unspecified atom stereocenters. The van der Waals surface area contributed by atoms with E-state index in [4.69, 9.17) is 0 Å². The quantitative estimate of drug-likeness (QED) is 0.846. The monoisotopic (exact) mass is 326 g/mol. The van der Waals surface area contributed by atoms with Crippen LogP contribution >= 0.6 is 0 Å². The highest BCUT2D eigenvalue weighted by molar-refractivity contribution is 5.94. The number of carbonyl (C=O) groups is 1. The van der Waals surface area contributed by atoms with Crippen molar-refractivity contribution in [3.05, 3.63) is 63.8 Å². The molecule has 3 rings (SSSR count). The summed E-state index contributed by atoms with van der Waals surface area (Å²) in [6.07, 6.45) is 3.52. The number of pyridine rings is 2. The van der Waals surface area contributed by atoms with Gasteiger partial charge >= 0.3 is 0 Å². The van der Waals surface area contributed by atoms with Crippen LogP contribution in [0.25, 0.3) is 0 Å². The predicted molar refractivity (Wildman–Crippen MR) is 91.8 cm³/mol. The summed E-state index contributed by atoms with van der Waals surface area (Å²) < 4.78 is 1.60. The molecule has 1 fully saturated rings. The number of nitrogens with zero attached hydrogens (tertiary/aromatic N) is 4. The average molecular weight is 326 g/mol. The highest BCUT2D eigenvalue weighted by Crippen LogP contribution is 2.11.